The van der Waals surface area contributed by atoms with Crippen molar-refractivity contribution in [3.8, 4) is 11.1 Å². The Morgan fingerprint density at radius 2 is 1.09 bits per heavy atom. The third-order valence-electron chi connectivity index (χ3n) is 5.89. The normalized spacial score (nSPS) is 20.0. The highest BCUT2D eigenvalue weighted by Gasteiger charge is 2.15. The number of furan rings is 1. The van der Waals surface area contributed by atoms with Gasteiger partial charge in [-0.1, -0.05) is 96.7 Å². The molecule has 0 saturated heterocycles. The van der Waals surface area contributed by atoms with E-state index in [1.165, 1.54) is 0 Å². The summed E-state index contributed by atoms with van der Waals surface area (Å²) in [6.07, 6.45) is 0. The maximum atomic E-state index is 9.65. The highest BCUT2D eigenvalue weighted by Crippen LogP contribution is 2.42. The van der Waals surface area contributed by atoms with Crippen LogP contribution < -0.4 is 0 Å². The summed E-state index contributed by atoms with van der Waals surface area (Å²) >= 11 is 0. The molecular weight excluding hydrogens is 424 g/mol. The molecule has 0 atom stereocenters. The Balaban J connectivity index is 1.77. The van der Waals surface area contributed by atoms with E-state index in [9.17, 15) is 5.48 Å². The molecule has 0 radical (unpaired) electrons. The Morgan fingerprint density at radius 3 is 1.94 bits per heavy atom. The average Bonchev–Trinajstić information content (AvgIpc) is 3.56. The third kappa shape index (κ3) is 2.64. The zero-order chi connectivity index (χ0) is 40.3. The van der Waals surface area contributed by atoms with Crippen molar-refractivity contribution in [2.75, 3.05) is 0 Å². The molecule has 1 heteroatoms. The van der Waals surface area contributed by atoms with Crippen molar-refractivity contribution in [1.82, 2.24) is 0 Å². The molecule has 35 heavy (non-hydrogen) atoms. The van der Waals surface area contributed by atoms with Crippen LogP contribution in [-0.4, -0.2) is 0 Å². The largest absolute Gasteiger partial charge is 0.456 e. The molecule has 0 amide bonds. The molecule has 0 aliphatic rings. The lowest BCUT2D eigenvalue weighted by atomic mass is 9.89. The fraction of sp³-hybridized carbons (Fsp3) is 0. The van der Waals surface area contributed by atoms with Gasteiger partial charge in [0.15, 0.2) is 0 Å². The van der Waals surface area contributed by atoms with Crippen LogP contribution in [0.4, 0.5) is 0 Å². The molecule has 7 aromatic carbocycles. The standard InChI is InChI=1S/C34H20O/c1-4-10-25-21(7-1)13-16-28-29(25)19-23-9-3-6-12-27(23)33(28)24-15-17-31-30(20-24)34-26-11-5-2-8-22(26)14-18-32(34)35-31/h1-20H/i1D,2D,3D,4D,5D,6D,7D,8D,9D,10D,11D,12D,13D,14D,15D,16D,17D,18D,19D,20D. The summed E-state index contributed by atoms with van der Waals surface area (Å²) in [6.45, 7) is 0. The maximum absolute atomic E-state index is 9.65. The molecule has 0 spiro atoms. The molecule has 162 valence electrons. The van der Waals surface area contributed by atoms with Crippen LogP contribution in [0.15, 0.2) is 125 Å². The van der Waals surface area contributed by atoms with Crippen LogP contribution in [0.1, 0.15) is 27.4 Å². The van der Waals surface area contributed by atoms with Gasteiger partial charge >= 0.3 is 0 Å². The lowest BCUT2D eigenvalue weighted by molar-refractivity contribution is 0.669. The molecule has 0 saturated carbocycles. The third-order valence-corrected chi connectivity index (χ3v) is 5.89. The lowest BCUT2D eigenvalue weighted by Gasteiger charge is -2.14. The Kier molecular flexibility index (Phi) is 1.58. The van der Waals surface area contributed by atoms with Gasteiger partial charge in [0.2, 0.25) is 0 Å². The summed E-state index contributed by atoms with van der Waals surface area (Å²) in [5.41, 5.74) is -2.08. The molecule has 8 rings (SSSR count). The van der Waals surface area contributed by atoms with Crippen LogP contribution in [0, 0.1) is 0 Å². The van der Waals surface area contributed by atoms with Gasteiger partial charge in [0.25, 0.3) is 0 Å². The van der Waals surface area contributed by atoms with Gasteiger partial charge in [-0.3, -0.25) is 0 Å². The van der Waals surface area contributed by atoms with E-state index in [0.29, 0.717) is 0 Å². The van der Waals surface area contributed by atoms with Gasteiger partial charge in [-0.15, -0.1) is 0 Å². The van der Waals surface area contributed by atoms with Gasteiger partial charge in [0.1, 0.15) is 11.2 Å². The minimum atomic E-state index is -0.825. The van der Waals surface area contributed by atoms with Gasteiger partial charge in [0, 0.05) is 10.8 Å². The monoisotopic (exact) mass is 464 g/mol. The summed E-state index contributed by atoms with van der Waals surface area (Å²) in [5, 5.41) is -4.30. The van der Waals surface area contributed by atoms with Crippen LogP contribution in [0.3, 0.4) is 0 Å². The fourth-order valence-electron chi connectivity index (χ4n) is 4.39. The zero-order valence-electron chi connectivity index (χ0n) is 37.4. The Hall–Kier alpha value is -4.62. The minimum absolute atomic E-state index is 0.294. The van der Waals surface area contributed by atoms with E-state index in [0.717, 1.165) is 0 Å². The Labute approximate surface area is 229 Å². The Morgan fingerprint density at radius 1 is 0.429 bits per heavy atom. The molecule has 1 heterocycles. The summed E-state index contributed by atoms with van der Waals surface area (Å²) in [5.74, 6) is 0. The number of hydrogen-bond donors (Lipinski definition) is 0. The predicted octanol–water partition coefficient (Wildman–Crippen LogP) is 9.87. The van der Waals surface area contributed by atoms with E-state index in [4.69, 9.17) is 26.3 Å². The quantitative estimate of drug-likeness (QED) is 0.174. The molecule has 1 nitrogen and oxygen atoms in total. The van der Waals surface area contributed by atoms with Crippen LogP contribution in [0.25, 0.3) is 76.2 Å². The van der Waals surface area contributed by atoms with E-state index in [1.54, 1.807) is 0 Å². The van der Waals surface area contributed by atoms with E-state index in [2.05, 4.69) is 0 Å². The van der Waals surface area contributed by atoms with Gasteiger partial charge in [0.05, 0.1) is 27.4 Å². The second kappa shape index (κ2) is 6.94. The first-order valence-corrected chi connectivity index (χ1v) is 10.4. The van der Waals surface area contributed by atoms with E-state index in [-0.39, 0.29) is 16.2 Å². The summed E-state index contributed by atoms with van der Waals surface area (Å²) in [7, 11) is 0. The lowest BCUT2D eigenvalue weighted by Crippen LogP contribution is -1.87. The average molecular weight is 465 g/mol. The highest BCUT2D eigenvalue weighted by atomic mass is 16.3. The Bertz CT molecular complexity index is 3200. The van der Waals surface area contributed by atoms with Gasteiger partial charge in [-0.2, -0.15) is 0 Å². The highest BCUT2D eigenvalue weighted by molar-refractivity contribution is 6.22. The van der Waals surface area contributed by atoms with Crippen molar-refractivity contribution in [2.24, 2.45) is 0 Å². The minimum Gasteiger partial charge on any atom is -0.456 e. The smallest absolute Gasteiger partial charge is 0.136 e. The van der Waals surface area contributed by atoms with Crippen molar-refractivity contribution in [3.63, 3.8) is 0 Å². The van der Waals surface area contributed by atoms with Crippen molar-refractivity contribution in [2.45, 2.75) is 0 Å². The van der Waals surface area contributed by atoms with Crippen molar-refractivity contribution in [3.05, 3.63) is 121 Å². The first kappa shape index (κ1) is 7.96. The number of benzene rings is 7. The molecule has 0 unspecified atom stereocenters. The fourth-order valence-corrected chi connectivity index (χ4v) is 4.39. The van der Waals surface area contributed by atoms with Crippen LogP contribution in [0.2, 0.25) is 0 Å². The molecular formula is C34H20O. The second-order valence-electron chi connectivity index (χ2n) is 7.76. The van der Waals surface area contributed by atoms with Gasteiger partial charge in [-0.05, 0) is 78.4 Å². The van der Waals surface area contributed by atoms with Crippen LogP contribution in [-0.2, 0) is 0 Å². The number of rotatable bonds is 1. The molecule has 0 bridgehead atoms. The zero-order valence-corrected chi connectivity index (χ0v) is 17.4. The van der Waals surface area contributed by atoms with E-state index in [1.807, 2.05) is 0 Å². The van der Waals surface area contributed by atoms with Crippen LogP contribution >= 0.6 is 0 Å². The molecule has 0 aliphatic carbocycles. The molecule has 0 fully saturated rings. The van der Waals surface area contributed by atoms with Crippen molar-refractivity contribution in [1.29, 1.82) is 0 Å². The van der Waals surface area contributed by atoms with E-state index < -0.39 is 181 Å². The second-order valence-corrected chi connectivity index (χ2v) is 7.76. The number of fused-ring (bicyclic) bond motifs is 9. The molecule has 0 aliphatic heterocycles. The maximum Gasteiger partial charge on any atom is 0.136 e. The molecule has 8 aromatic rings. The SMILES string of the molecule is [2H]c1c(-c2c3c([2H])c([2H])c([2H])c([2H])c3c([2H])c3c2c([2H])c([2H])c2c([2H])c([2H])c([2H])c([2H])c23)c([2H])c2c(oc3c([2H])c([2H])c4c([2H])c([2H])c([2H])c([2H])c4c32)c1[2H]. The first-order valence-electron chi connectivity index (χ1n) is 20.4. The topological polar surface area (TPSA) is 13.1 Å². The van der Waals surface area contributed by atoms with Crippen molar-refractivity contribution >= 4 is 65.0 Å². The molecule has 0 N–H and O–H groups in total. The predicted molar refractivity (Wildman–Crippen MR) is 149 cm³/mol. The number of hydrogen-bond acceptors (Lipinski definition) is 1. The summed E-state index contributed by atoms with van der Waals surface area (Å²) in [6, 6.07) is -14.8. The van der Waals surface area contributed by atoms with Gasteiger partial charge in [-0.25, -0.2) is 0 Å². The van der Waals surface area contributed by atoms with Crippen molar-refractivity contribution < 1.29 is 31.8 Å². The first-order chi connectivity index (χ1) is 25.7. The van der Waals surface area contributed by atoms with Crippen LogP contribution in [0.5, 0.6) is 0 Å². The summed E-state index contributed by atoms with van der Waals surface area (Å²) in [4.78, 5) is 0. The van der Waals surface area contributed by atoms with Gasteiger partial charge < -0.3 is 4.42 Å². The molecule has 1 aromatic heterocycles. The van der Waals surface area contributed by atoms with E-state index >= 15 is 0 Å². The summed E-state index contributed by atoms with van der Waals surface area (Å²) < 4.78 is 181.